The van der Waals surface area contributed by atoms with Crippen LogP contribution in [0.5, 0.6) is 11.5 Å². The van der Waals surface area contributed by atoms with Crippen molar-refractivity contribution in [3.05, 3.63) is 75.7 Å². The predicted molar refractivity (Wildman–Crippen MR) is 123 cm³/mol. The Bertz CT molecular complexity index is 1450. The number of amides is 1. The van der Waals surface area contributed by atoms with Crippen LogP contribution >= 0.6 is 0 Å². The number of fused-ring (bicyclic) bond motifs is 3. The van der Waals surface area contributed by atoms with Crippen LogP contribution in [0.4, 0.5) is 11.4 Å². The topological polar surface area (TPSA) is 103 Å². The Morgan fingerprint density at radius 2 is 1.61 bits per heavy atom. The SMILES string of the molecule is Cn1c(=O)c2c(ncn2CC(=O)NCCN2c3ccccc3Oc3ccccc32)n(C)c1=O. The lowest BCUT2D eigenvalue weighted by Crippen LogP contribution is -2.38. The number of aryl methyl sites for hydroxylation is 1. The molecule has 0 bridgehead atoms. The fourth-order valence-corrected chi connectivity index (χ4v) is 4.06. The van der Waals surface area contributed by atoms with Crippen molar-refractivity contribution in [2.45, 2.75) is 6.54 Å². The molecule has 168 valence electrons. The Morgan fingerprint density at radius 3 is 2.27 bits per heavy atom. The Morgan fingerprint density at radius 1 is 0.970 bits per heavy atom. The third-order valence-corrected chi connectivity index (χ3v) is 5.72. The molecular formula is C23H22N6O4. The summed E-state index contributed by atoms with van der Waals surface area (Å²) in [7, 11) is 2.94. The van der Waals surface area contributed by atoms with Crippen molar-refractivity contribution in [3.8, 4) is 11.5 Å². The maximum absolute atomic E-state index is 12.7. The van der Waals surface area contributed by atoms with E-state index in [1.807, 2.05) is 48.5 Å². The van der Waals surface area contributed by atoms with E-state index in [-0.39, 0.29) is 23.6 Å². The lowest BCUT2D eigenvalue weighted by molar-refractivity contribution is -0.121. The summed E-state index contributed by atoms with van der Waals surface area (Å²) in [6.07, 6.45) is 1.40. The lowest BCUT2D eigenvalue weighted by Gasteiger charge is -2.32. The standard InChI is InChI=1S/C23H22N6O4/c1-26-21-20(22(31)27(2)23(26)32)28(14-25-21)13-19(30)24-11-12-29-15-7-3-5-9-17(15)33-18-10-6-4-8-16(18)29/h3-10,14H,11-13H2,1-2H3,(H,24,30). The number of rotatable bonds is 5. The maximum atomic E-state index is 12.7. The van der Waals surface area contributed by atoms with Crippen molar-refractivity contribution in [2.24, 2.45) is 14.1 Å². The number of para-hydroxylation sites is 4. The number of nitrogens with zero attached hydrogens (tertiary/aromatic N) is 5. The maximum Gasteiger partial charge on any atom is 0.332 e. The van der Waals surface area contributed by atoms with E-state index in [4.69, 9.17) is 4.74 Å². The first-order chi connectivity index (χ1) is 16.0. The molecule has 3 heterocycles. The van der Waals surface area contributed by atoms with Crippen LogP contribution in [0.3, 0.4) is 0 Å². The van der Waals surface area contributed by atoms with E-state index in [0.717, 1.165) is 27.4 Å². The van der Waals surface area contributed by atoms with Crippen LogP contribution < -0.4 is 26.2 Å². The molecule has 0 unspecified atom stereocenters. The average molecular weight is 446 g/mol. The molecule has 1 aliphatic rings. The quantitative estimate of drug-likeness (QED) is 0.498. The zero-order valence-corrected chi connectivity index (χ0v) is 18.2. The molecule has 0 saturated carbocycles. The van der Waals surface area contributed by atoms with E-state index in [0.29, 0.717) is 13.1 Å². The van der Waals surface area contributed by atoms with Crippen LogP contribution in [0.2, 0.25) is 0 Å². The van der Waals surface area contributed by atoms with Crippen molar-refractivity contribution in [1.82, 2.24) is 24.0 Å². The number of carbonyl (C=O) groups excluding carboxylic acids is 1. The number of hydrogen-bond acceptors (Lipinski definition) is 6. The van der Waals surface area contributed by atoms with Gasteiger partial charge in [0.15, 0.2) is 22.7 Å². The normalized spacial score (nSPS) is 12.2. The van der Waals surface area contributed by atoms with Gasteiger partial charge in [-0.3, -0.25) is 18.7 Å². The Kier molecular flexibility index (Phi) is 4.97. The van der Waals surface area contributed by atoms with E-state index < -0.39 is 11.2 Å². The monoisotopic (exact) mass is 446 g/mol. The zero-order valence-electron chi connectivity index (χ0n) is 18.2. The van der Waals surface area contributed by atoms with Crippen LogP contribution in [0, 0.1) is 0 Å². The van der Waals surface area contributed by atoms with E-state index >= 15 is 0 Å². The van der Waals surface area contributed by atoms with Gasteiger partial charge in [0, 0.05) is 27.2 Å². The van der Waals surface area contributed by atoms with E-state index in [9.17, 15) is 14.4 Å². The molecule has 0 saturated heterocycles. The minimum atomic E-state index is -0.486. The van der Waals surface area contributed by atoms with Crippen molar-refractivity contribution < 1.29 is 9.53 Å². The Balaban J connectivity index is 1.32. The lowest BCUT2D eigenvalue weighted by atomic mass is 10.1. The number of carbonyl (C=O) groups is 1. The fourth-order valence-electron chi connectivity index (χ4n) is 4.06. The average Bonchev–Trinajstić information content (AvgIpc) is 3.24. The molecule has 2 aromatic heterocycles. The van der Waals surface area contributed by atoms with Crippen molar-refractivity contribution in [3.63, 3.8) is 0 Å². The minimum Gasteiger partial charge on any atom is -0.453 e. The zero-order chi connectivity index (χ0) is 23.1. The second kappa shape index (κ2) is 7.97. The molecule has 0 aliphatic carbocycles. The summed E-state index contributed by atoms with van der Waals surface area (Å²) in [4.78, 5) is 43.5. The summed E-state index contributed by atoms with van der Waals surface area (Å²) in [5.41, 5.74) is 1.36. The third-order valence-electron chi connectivity index (χ3n) is 5.72. The highest BCUT2D eigenvalue weighted by Gasteiger charge is 2.23. The van der Waals surface area contributed by atoms with Gasteiger partial charge in [0.05, 0.1) is 17.7 Å². The molecule has 5 rings (SSSR count). The molecular weight excluding hydrogens is 424 g/mol. The van der Waals surface area contributed by atoms with E-state index in [1.165, 1.54) is 22.5 Å². The van der Waals surface area contributed by atoms with Gasteiger partial charge in [0.2, 0.25) is 5.91 Å². The summed E-state index contributed by atoms with van der Waals surface area (Å²) in [6.45, 7) is 0.828. The highest BCUT2D eigenvalue weighted by molar-refractivity contribution is 5.80. The number of hydrogen-bond donors (Lipinski definition) is 1. The number of benzene rings is 2. The summed E-state index contributed by atoms with van der Waals surface area (Å²) >= 11 is 0. The van der Waals surface area contributed by atoms with Gasteiger partial charge in [-0.1, -0.05) is 24.3 Å². The van der Waals surface area contributed by atoms with Gasteiger partial charge in [-0.25, -0.2) is 9.78 Å². The summed E-state index contributed by atoms with van der Waals surface area (Å²) in [5.74, 6) is 1.25. The first kappa shape index (κ1) is 20.6. The van der Waals surface area contributed by atoms with Crippen molar-refractivity contribution in [2.75, 3.05) is 18.0 Å². The fraction of sp³-hybridized carbons (Fsp3) is 0.217. The summed E-state index contributed by atoms with van der Waals surface area (Å²) in [6, 6.07) is 15.5. The predicted octanol–water partition coefficient (Wildman–Crippen LogP) is 1.49. The highest BCUT2D eigenvalue weighted by Crippen LogP contribution is 2.45. The molecule has 1 N–H and O–H groups in total. The van der Waals surface area contributed by atoms with Gasteiger partial charge in [-0.2, -0.15) is 0 Å². The first-order valence-corrected chi connectivity index (χ1v) is 10.5. The van der Waals surface area contributed by atoms with Gasteiger partial charge in [-0.15, -0.1) is 0 Å². The molecule has 0 fully saturated rings. The summed E-state index contributed by atoms with van der Waals surface area (Å²) < 4.78 is 9.75. The van der Waals surface area contributed by atoms with Gasteiger partial charge in [0.1, 0.15) is 6.54 Å². The molecule has 1 amide bonds. The molecule has 0 spiro atoms. The smallest absolute Gasteiger partial charge is 0.332 e. The molecule has 0 radical (unpaired) electrons. The first-order valence-electron chi connectivity index (χ1n) is 10.5. The molecule has 0 atom stereocenters. The van der Waals surface area contributed by atoms with Crippen LogP contribution in [0.15, 0.2) is 64.4 Å². The van der Waals surface area contributed by atoms with E-state index in [1.54, 1.807) is 7.05 Å². The molecule has 1 aliphatic heterocycles. The second-order valence-electron chi connectivity index (χ2n) is 7.79. The molecule has 2 aromatic carbocycles. The number of aromatic nitrogens is 4. The number of imidazole rings is 1. The van der Waals surface area contributed by atoms with Gasteiger partial charge in [0.25, 0.3) is 5.56 Å². The van der Waals surface area contributed by atoms with E-state index in [2.05, 4.69) is 15.2 Å². The minimum absolute atomic E-state index is 0.0831. The molecule has 4 aromatic rings. The highest BCUT2D eigenvalue weighted by atomic mass is 16.5. The van der Waals surface area contributed by atoms with Crippen LogP contribution in [-0.4, -0.2) is 37.7 Å². The Hall–Kier alpha value is -4.34. The van der Waals surface area contributed by atoms with Crippen LogP contribution in [0.25, 0.3) is 11.2 Å². The Labute approximate surface area is 188 Å². The van der Waals surface area contributed by atoms with Gasteiger partial charge >= 0.3 is 5.69 Å². The molecule has 10 heteroatoms. The molecule has 33 heavy (non-hydrogen) atoms. The van der Waals surface area contributed by atoms with Crippen molar-refractivity contribution in [1.29, 1.82) is 0 Å². The molecule has 10 nitrogen and oxygen atoms in total. The number of nitrogens with one attached hydrogen (secondary N) is 1. The van der Waals surface area contributed by atoms with Crippen LogP contribution in [-0.2, 0) is 25.4 Å². The van der Waals surface area contributed by atoms with Gasteiger partial charge in [-0.05, 0) is 24.3 Å². The largest absolute Gasteiger partial charge is 0.453 e. The number of anilines is 2. The van der Waals surface area contributed by atoms with Crippen molar-refractivity contribution >= 4 is 28.4 Å². The van der Waals surface area contributed by atoms with Crippen LogP contribution in [0.1, 0.15) is 0 Å². The number of ether oxygens (including phenoxy) is 1. The second-order valence-corrected chi connectivity index (χ2v) is 7.79. The third kappa shape index (κ3) is 3.45. The summed E-state index contributed by atoms with van der Waals surface area (Å²) in [5, 5.41) is 2.91. The van der Waals surface area contributed by atoms with Gasteiger partial charge < -0.3 is 19.5 Å².